The molecule has 2 nitrogen and oxygen atoms in total. The summed E-state index contributed by atoms with van der Waals surface area (Å²) in [6, 6.07) is 26.8. The van der Waals surface area contributed by atoms with Gasteiger partial charge in [-0.15, -0.1) is 34.0 Å². The molecule has 0 aliphatic rings. The molecule has 0 saturated carbocycles. The van der Waals surface area contributed by atoms with Crippen molar-refractivity contribution in [3.8, 4) is 11.5 Å². The second-order valence-corrected chi connectivity index (χ2v) is 15.1. The maximum absolute atomic E-state index is 5.24. The Balaban J connectivity index is 0.000000176. The first-order valence-corrected chi connectivity index (χ1v) is 18.6. The highest BCUT2D eigenvalue weighted by atomic mass is 79.9. The zero-order valence-corrected chi connectivity index (χ0v) is 31.3. The van der Waals surface area contributed by atoms with Crippen molar-refractivity contribution in [3.05, 3.63) is 146 Å². The number of halogens is 2. The largest absolute Gasteiger partial charge is 0.497 e. The van der Waals surface area contributed by atoms with Crippen LogP contribution in [0.5, 0.6) is 11.5 Å². The van der Waals surface area contributed by atoms with E-state index in [4.69, 9.17) is 9.47 Å². The molecule has 44 heavy (non-hydrogen) atoms. The van der Waals surface area contributed by atoms with Crippen molar-refractivity contribution in [1.29, 1.82) is 0 Å². The molecule has 2 aromatic carbocycles. The van der Waals surface area contributed by atoms with Crippen LogP contribution >= 0.6 is 77.2 Å². The van der Waals surface area contributed by atoms with Crippen molar-refractivity contribution in [2.45, 2.75) is 13.8 Å². The molecular weight excluding hydrogens is 752 g/mol. The monoisotopic (exact) mass is 784 g/mol. The highest BCUT2D eigenvalue weighted by Gasteiger charge is 1.97. The van der Waals surface area contributed by atoms with E-state index in [1.165, 1.54) is 40.3 Å². The molecule has 6 rings (SSSR count). The molecule has 228 valence electrons. The standard InChI is InChI=1S/2C14H14OS.2C4H3BrS/c2*1-11-8-12(10-13(9-11)15-2)5-6-14-4-3-7-16-14;5-4-1-2-6-3-4;5-4-2-1-3-6-4/h2*3-10H,1-2H3;2*1-3H/b2*6-5+;;. The minimum atomic E-state index is 0.908. The fourth-order valence-electron chi connectivity index (χ4n) is 3.62. The van der Waals surface area contributed by atoms with Gasteiger partial charge in [0.1, 0.15) is 11.5 Å². The molecule has 0 bridgehead atoms. The molecule has 0 N–H and O–H groups in total. The Hall–Kier alpha value is -2.72. The Kier molecular flexibility index (Phi) is 16.5. The van der Waals surface area contributed by atoms with Gasteiger partial charge in [-0.25, -0.2) is 0 Å². The van der Waals surface area contributed by atoms with Crippen LogP contribution in [0.3, 0.4) is 0 Å². The summed E-state index contributed by atoms with van der Waals surface area (Å²) in [6.07, 6.45) is 8.47. The van der Waals surface area contributed by atoms with Crippen LogP contribution in [0, 0.1) is 13.8 Å². The van der Waals surface area contributed by atoms with E-state index in [2.05, 4.69) is 117 Å². The van der Waals surface area contributed by atoms with E-state index in [0.717, 1.165) is 11.5 Å². The van der Waals surface area contributed by atoms with Crippen LogP contribution in [0.1, 0.15) is 32.0 Å². The van der Waals surface area contributed by atoms with Crippen LogP contribution in [0.15, 0.2) is 114 Å². The topological polar surface area (TPSA) is 18.5 Å². The summed E-state index contributed by atoms with van der Waals surface area (Å²) in [5.41, 5.74) is 4.77. The summed E-state index contributed by atoms with van der Waals surface area (Å²) in [5, 5.41) is 10.3. The smallest absolute Gasteiger partial charge is 0.119 e. The lowest BCUT2D eigenvalue weighted by atomic mass is 10.1. The fraction of sp³-hybridized carbons (Fsp3) is 0.111. The first kappa shape index (κ1) is 35.8. The van der Waals surface area contributed by atoms with Gasteiger partial charge in [0, 0.05) is 19.6 Å². The zero-order valence-electron chi connectivity index (χ0n) is 24.9. The van der Waals surface area contributed by atoms with Crippen molar-refractivity contribution >= 4 is 102 Å². The number of methoxy groups -OCH3 is 2. The number of benzene rings is 2. The summed E-state index contributed by atoms with van der Waals surface area (Å²) in [6.45, 7) is 4.15. The maximum Gasteiger partial charge on any atom is 0.119 e. The van der Waals surface area contributed by atoms with E-state index in [-0.39, 0.29) is 0 Å². The van der Waals surface area contributed by atoms with E-state index in [1.807, 2.05) is 58.6 Å². The SMILES string of the molecule is Brc1cccs1.Brc1ccsc1.COc1cc(C)cc(/C=C/c2cccs2)c1.COc1cc(C)cc(/C=C/c2cccs2)c1. The molecule has 4 heterocycles. The van der Waals surface area contributed by atoms with Crippen molar-refractivity contribution in [3.63, 3.8) is 0 Å². The molecule has 0 atom stereocenters. The third kappa shape index (κ3) is 14.4. The maximum atomic E-state index is 5.24. The number of hydrogen-bond donors (Lipinski definition) is 0. The molecule has 0 unspecified atom stereocenters. The third-order valence-corrected chi connectivity index (χ3v) is 10.2. The van der Waals surface area contributed by atoms with E-state index >= 15 is 0 Å². The molecule has 0 aliphatic heterocycles. The first-order chi connectivity index (χ1) is 21.3. The second-order valence-electron chi connectivity index (χ2n) is 9.12. The Morgan fingerprint density at radius 1 is 0.568 bits per heavy atom. The highest BCUT2D eigenvalue weighted by molar-refractivity contribution is 9.11. The lowest BCUT2D eigenvalue weighted by Crippen LogP contribution is -1.85. The average Bonchev–Trinajstić information content (AvgIpc) is 3.85. The molecule has 0 amide bonds. The van der Waals surface area contributed by atoms with E-state index in [1.54, 1.807) is 59.6 Å². The molecule has 0 spiro atoms. The van der Waals surface area contributed by atoms with Gasteiger partial charge >= 0.3 is 0 Å². The van der Waals surface area contributed by atoms with Crippen LogP contribution in [-0.4, -0.2) is 14.2 Å². The number of hydrogen-bond acceptors (Lipinski definition) is 6. The Morgan fingerprint density at radius 3 is 1.36 bits per heavy atom. The third-order valence-electron chi connectivity index (χ3n) is 5.56. The van der Waals surface area contributed by atoms with Gasteiger partial charge in [-0.2, -0.15) is 11.3 Å². The lowest BCUT2D eigenvalue weighted by Gasteiger charge is -2.03. The summed E-state index contributed by atoms with van der Waals surface area (Å²) in [7, 11) is 3.39. The Labute approximate surface area is 294 Å². The lowest BCUT2D eigenvalue weighted by molar-refractivity contribution is 0.414. The van der Waals surface area contributed by atoms with Gasteiger partial charge in [-0.1, -0.05) is 42.5 Å². The Morgan fingerprint density at radius 2 is 1.07 bits per heavy atom. The fourth-order valence-corrected chi connectivity index (χ4v) is 6.92. The van der Waals surface area contributed by atoms with Crippen LogP contribution in [-0.2, 0) is 0 Å². The number of ether oxygens (including phenoxy) is 2. The second kappa shape index (κ2) is 20.3. The molecule has 0 saturated heterocycles. The quantitative estimate of drug-likeness (QED) is 0.167. The molecule has 0 fully saturated rings. The molecule has 0 aliphatic carbocycles. The summed E-state index contributed by atoms with van der Waals surface area (Å²) in [4.78, 5) is 2.53. The molecular formula is C36H34Br2O2S4. The van der Waals surface area contributed by atoms with E-state index in [9.17, 15) is 0 Å². The van der Waals surface area contributed by atoms with Crippen LogP contribution in [0.2, 0.25) is 0 Å². The van der Waals surface area contributed by atoms with Crippen LogP contribution < -0.4 is 9.47 Å². The van der Waals surface area contributed by atoms with Crippen LogP contribution in [0.4, 0.5) is 0 Å². The molecule has 8 heteroatoms. The first-order valence-electron chi connectivity index (χ1n) is 13.5. The van der Waals surface area contributed by atoms with Crippen molar-refractivity contribution in [1.82, 2.24) is 0 Å². The number of rotatable bonds is 6. The molecule has 6 aromatic rings. The van der Waals surface area contributed by atoms with Gasteiger partial charge in [0.15, 0.2) is 0 Å². The normalized spacial score (nSPS) is 10.3. The molecule has 4 aromatic heterocycles. The predicted octanol–water partition coefficient (Wildman–Crippen LogP) is 13.5. The minimum absolute atomic E-state index is 0.908. The predicted molar refractivity (Wildman–Crippen MR) is 206 cm³/mol. The minimum Gasteiger partial charge on any atom is -0.497 e. The molecule has 0 radical (unpaired) electrons. The van der Waals surface area contributed by atoms with Gasteiger partial charge < -0.3 is 9.47 Å². The van der Waals surface area contributed by atoms with Crippen molar-refractivity contribution in [2.75, 3.05) is 14.2 Å². The summed E-state index contributed by atoms with van der Waals surface area (Å²) >= 11 is 13.5. The Bertz CT molecular complexity index is 1530. The van der Waals surface area contributed by atoms with Gasteiger partial charge in [-0.05, 0) is 150 Å². The highest BCUT2D eigenvalue weighted by Crippen LogP contribution is 2.21. The average molecular weight is 787 g/mol. The van der Waals surface area contributed by atoms with Crippen molar-refractivity contribution in [2.24, 2.45) is 0 Å². The van der Waals surface area contributed by atoms with Gasteiger partial charge in [0.2, 0.25) is 0 Å². The number of aryl methyl sites for hydroxylation is 2. The van der Waals surface area contributed by atoms with Gasteiger partial charge in [-0.3, -0.25) is 0 Å². The van der Waals surface area contributed by atoms with E-state index in [0.29, 0.717) is 0 Å². The summed E-state index contributed by atoms with van der Waals surface area (Å²) in [5.74, 6) is 1.82. The van der Waals surface area contributed by atoms with Crippen molar-refractivity contribution < 1.29 is 9.47 Å². The van der Waals surface area contributed by atoms with Crippen LogP contribution in [0.25, 0.3) is 24.3 Å². The van der Waals surface area contributed by atoms with Gasteiger partial charge in [0.05, 0.1) is 18.0 Å². The van der Waals surface area contributed by atoms with Gasteiger partial charge in [0.25, 0.3) is 0 Å². The number of thiophene rings is 4. The van der Waals surface area contributed by atoms with E-state index < -0.39 is 0 Å². The zero-order chi connectivity index (χ0) is 31.6. The summed E-state index contributed by atoms with van der Waals surface area (Å²) < 4.78 is 12.9.